The van der Waals surface area contributed by atoms with Crippen LogP contribution in [0.5, 0.6) is 5.75 Å². The maximum Gasteiger partial charge on any atom is 0.338 e. The Balaban J connectivity index is 1.39. The van der Waals surface area contributed by atoms with Crippen molar-refractivity contribution in [3.05, 3.63) is 65.4 Å². The topological polar surface area (TPSA) is 98.9 Å². The first-order chi connectivity index (χ1) is 15.8. The maximum absolute atomic E-state index is 12.6. The number of nitrogens with zero attached hydrogens (tertiary/aromatic N) is 2. The summed E-state index contributed by atoms with van der Waals surface area (Å²) in [6, 6.07) is 13.3. The Bertz CT molecular complexity index is 1250. The quantitative estimate of drug-likeness (QED) is 0.458. The predicted molar refractivity (Wildman–Crippen MR) is 121 cm³/mol. The van der Waals surface area contributed by atoms with E-state index < -0.39 is 16.0 Å². The highest BCUT2D eigenvalue weighted by Gasteiger charge is 2.22. The number of hydrogen-bond acceptors (Lipinski definition) is 7. The lowest BCUT2D eigenvalue weighted by Gasteiger charge is -2.18. The van der Waals surface area contributed by atoms with Crippen molar-refractivity contribution < 1.29 is 27.2 Å². The minimum Gasteiger partial charge on any atom is -0.490 e. The molecule has 0 radical (unpaired) electrons. The van der Waals surface area contributed by atoms with Crippen LogP contribution in [0.15, 0.2) is 57.9 Å². The summed E-state index contributed by atoms with van der Waals surface area (Å²) in [5.74, 6) is 0.889. The predicted octanol–water partition coefficient (Wildman–Crippen LogP) is 4.05. The normalized spacial score (nSPS) is 15.3. The number of ether oxygens (including phenoxy) is 2. The molecule has 0 amide bonds. The van der Waals surface area contributed by atoms with Crippen LogP contribution in [0.2, 0.25) is 0 Å². The Morgan fingerprint density at radius 3 is 2.55 bits per heavy atom. The molecule has 1 unspecified atom stereocenters. The Morgan fingerprint density at radius 1 is 1.12 bits per heavy atom. The highest BCUT2D eigenvalue weighted by Crippen LogP contribution is 2.33. The third kappa shape index (κ3) is 4.79. The molecule has 3 aromatic rings. The van der Waals surface area contributed by atoms with Crippen LogP contribution in [0.25, 0.3) is 11.3 Å². The van der Waals surface area contributed by atoms with Crippen LogP contribution in [0.3, 0.4) is 0 Å². The zero-order valence-electron chi connectivity index (χ0n) is 18.8. The first kappa shape index (κ1) is 23.0. The van der Waals surface area contributed by atoms with Gasteiger partial charge in [-0.05, 0) is 55.0 Å². The molecule has 0 spiro atoms. The van der Waals surface area contributed by atoms with Gasteiger partial charge in [0.25, 0.3) is 0 Å². The molecule has 4 rings (SSSR count). The van der Waals surface area contributed by atoms with Gasteiger partial charge in [0.2, 0.25) is 10.0 Å². The van der Waals surface area contributed by atoms with Crippen molar-refractivity contribution in [1.29, 1.82) is 0 Å². The molecule has 1 atom stereocenters. The average Bonchev–Trinajstić information content (AvgIpc) is 3.43. The molecule has 0 bridgehead atoms. The lowest BCUT2D eigenvalue weighted by molar-refractivity contribution is 0.0464. The van der Waals surface area contributed by atoms with Gasteiger partial charge in [0.15, 0.2) is 5.76 Å². The standard InChI is InChI=1S/C24H26N2O6S/c1-4-26(5-2)33(28,29)21-9-6-17(7-10-21)24(27)30-15-20-14-23(32-25-20)18-8-11-22-19(13-18)12-16(3)31-22/h6-11,13-14,16H,4-5,12,15H2,1-3H3. The molecule has 0 aliphatic carbocycles. The lowest BCUT2D eigenvalue weighted by Crippen LogP contribution is -2.30. The second-order valence-corrected chi connectivity index (χ2v) is 9.77. The molecule has 1 aromatic heterocycles. The fraction of sp³-hybridized carbons (Fsp3) is 0.333. The van der Waals surface area contributed by atoms with E-state index in [0.717, 1.165) is 23.3 Å². The Kier molecular flexibility index (Phi) is 6.53. The zero-order valence-corrected chi connectivity index (χ0v) is 19.6. The van der Waals surface area contributed by atoms with E-state index in [1.54, 1.807) is 19.9 Å². The number of carbonyl (C=O) groups is 1. The van der Waals surface area contributed by atoms with Gasteiger partial charge in [0, 0.05) is 31.1 Å². The van der Waals surface area contributed by atoms with Gasteiger partial charge in [-0.15, -0.1) is 0 Å². The van der Waals surface area contributed by atoms with Gasteiger partial charge in [-0.3, -0.25) is 0 Å². The second kappa shape index (κ2) is 9.36. The van der Waals surface area contributed by atoms with E-state index in [-0.39, 0.29) is 23.2 Å². The molecule has 0 N–H and O–H groups in total. The molecule has 174 valence electrons. The van der Waals surface area contributed by atoms with Crippen LogP contribution >= 0.6 is 0 Å². The fourth-order valence-electron chi connectivity index (χ4n) is 3.79. The van der Waals surface area contributed by atoms with Crippen LogP contribution in [-0.2, 0) is 27.8 Å². The van der Waals surface area contributed by atoms with Gasteiger partial charge in [-0.25, -0.2) is 13.2 Å². The number of fused-ring (bicyclic) bond motifs is 1. The minimum atomic E-state index is -3.58. The van der Waals surface area contributed by atoms with Gasteiger partial charge in [0.05, 0.1) is 10.5 Å². The van der Waals surface area contributed by atoms with E-state index in [1.807, 2.05) is 25.1 Å². The summed E-state index contributed by atoms with van der Waals surface area (Å²) < 4.78 is 43.0. The summed E-state index contributed by atoms with van der Waals surface area (Å²) in [6.45, 7) is 6.27. The lowest BCUT2D eigenvalue weighted by atomic mass is 10.1. The number of sulfonamides is 1. The average molecular weight is 471 g/mol. The number of hydrogen-bond donors (Lipinski definition) is 0. The highest BCUT2D eigenvalue weighted by atomic mass is 32.2. The Morgan fingerprint density at radius 2 is 1.85 bits per heavy atom. The first-order valence-corrected chi connectivity index (χ1v) is 12.3. The van der Waals surface area contributed by atoms with E-state index in [2.05, 4.69) is 5.16 Å². The number of carbonyl (C=O) groups excluding carboxylic acids is 1. The summed E-state index contributed by atoms with van der Waals surface area (Å²) in [4.78, 5) is 12.5. The summed E-state index contributed by atoms with van der Waals surface area (Å²) in [6.07, 6.45) is 1.00. The molecule has 0 fully saturated rings. The Labute approximate surface area is 193 Å². The summed E-state index contributed by atoms with van der Waals surface area (Å²) >= 11 is 0. The van der Waals surface area contributed by atoms with Gasteiger partial charge in [-0.1, -0.05) is 19.0 Å². The molecule has 8 nitrogen and oxygen atoms in total. The van der Waals surface area contributed by atoms with Gasteiger partial charge >= 0.3 is 5.97 Å². The second-order valence-electron chi connectivity index (χ2n) is 7.83. The molecule has 9 heteroatoms. The van der Waals surface area contributed by atoms with Crippen molar-refractivity contribution in [2.75, 3.05) is 13.1 Å². The third-order valence-electron chi connectivity index (χ3n) is 5.52. The van der Waals surface area contributed by atoms with Crippen LogP contribution < -0.4 is 4.74 Å². The van der Waals surface area contributed by atoms with Crippen molar-refractivity contribution in [3.8, 4) is 17.1 Å². The van der Waals surface area contributed by atoms with E-state index in [4.69, 9.17) is 14.0 Å². The number of benzene rings is 2. The van der Waals surface area contributed by atoms with Crippen molar-refractivity contribution in [1.82, 2.24) is 9.46 Å². The maximum atomic E-state index is 12.6. The van der Waals surface area contributed by atoms with E-state index in [1.165, 1.54) is 28.6 Å². The van der Waals surface area contributed by atoms with Gasteiger partial charge in [-0.2, -0.15) is 4.31 Å². The number of rotatable bonds is 8. The minimum absolute atomic E-state index is 0.0626. The monoisotopic (exact) mass is 470 g/mol. The van der Waals surface area contributed by atoms with Crippen molar-refractivity contribution in [2.24, 2.45) is 0 Å². The van der Waals surface area contributed by atoms with Gasteiger partial charge in [0.1, 0.15) is 24.2 Å². The molecule has 0 saturated heterocycles. The molecule has 1 aliphatic heterocycles. The number of aromatic nitrogens is 1. The summed E-state index contributed by atoms with van der Waals surface area (Å²) in [7, 11) is -3.58. The van der Waals surface area contributed by atoms with E-state index in [0.29, 0.717) is 24.5 Å². The largest absolute Gasteiger partial charge is 0.490 e. The third-order valence-corrected chi connectivity index (χ3v) is 7.59. The zero-order chi connectivity index (χ0) is 23.6. The molecular weight excluding hydrogens is 444 g/mol. The summed E-state index contributed by atoms with van der Waals surface area (Å²) in [5, 5.41) is 3.98. The fourth-order valence-corrected chi connectivity index (χ4v) is 5.25. The Hall–Kier alpha value is -3.17. The van der Waals surface area contributed by atoms with E-state index in [9.17, 15) is 13.2 Å². The molecule has 33 heavy (non-hydrogen) atoms. The van der Waals surface area contributed by atoms with Crippen LogP contribution in [0.1, 0.15) is 42.4 Å². The molecule has 1 aliphatic rings. The molecule has 0 saturated carbocycles. The van der Waals surface area contributed by atoms with Crippen molar-refractivity contribution in [2.45, 2.75) is 44.8 Å². The molecule has 2 heterocycles. The molecular formula is C24H26N2O6S. The van der Waals surface area contributed by atoms with Crippen LogP contribution in [0, 0.1) is 0 Å². The highest BCUT2D eigenvalue weighted by molar-refractivity contribution is 7.89. The smallest absolute Gasteiger partial charge is 0.338 e. The van der Waals surface area contributed by atoms with Crippen LogP contribution in [-0.4, -0.2) is 43.0 Å². The summed E-state index contributed by atoms with van der Waals surface area (Å²) in [5.41, 5.74) is 2.73. The van der Waals surface area contributed by atoms with Crippen molar-refractivity contribution >= 4 is 16.0 Å². The first-order valence-electron chi connectivity index (χ1n) is 10.8. The van der Waals surface area contributed by atoms with Crippen LogP contribution in [0.4, 0.5) is 0 Å². The van der Waals surface area contributed by atoms with E-state index >= 15 is 0 Å². The van der Waals surface area contributed by atoms with Crippen molar-refractivity contribution in [3.63, 3.8) is 0 Å². The SMILES string of the molecule is CCN(CC)S(=O)(=O)c1ccc(C(=O)OCc2cc(-c3ccc4c(c3)CC(C)O4)on2)cc1. The van der Waals surface area contributed by atoms with Gasteiger partial charge < -0.3 is 14.0 Å². The molecule has 2 aromatic carbocycles. The number of esters is 1.